The third kappa shape index (κ3) is 6.11. The summed E-state index contributed by atoms with van der Waals surface area (Å²) in [6.07, 6.45) is 2.00. The van der Waals surface area contributed by atoms with Crippen LogP contribution in [0, 0.1) is 0 Å². The first-order valence-corrected chi connectivity index (χ1v) is 11.2. The maximum absolute atomic E-state index is 11.1. The number of carboxylic acids is 1. The normalized spacial score (nSPS) is 11.5. The number of aliphatic carboxylic acids is 1. The number of carbonyl (C=O) groups is 1. The molecule has 2 N–H and O–H groups in total. The fourth-order valence-electron chi connectivity index (χ4n) is 2.71. The summed E-state index contributed by atoms with van der Waals surface area (Å²) in [7, 11) is 0. The zero-order valence-corrected chi connectivity index (χ0v) is 20.6. The maximum atomic E-state index is 11.1. The van der Waals surface area contributed by atoms with Crippen LogP contribution < -0.4 is 4.74 Å². The van der Waals surface area contributed by atoms with Gasteiger partial charge in [0.25, 0.3) is 0 Å². The van der Waals surface area contributed by atoms with Crippen molar-refractivity contribution in [2.45, 2.75) is 25.9 Å². The van der Waals surface area contributed by atoms with Gasteiger partial charge in [-0.25, -0.2) is 4.79 Å². The summed E-state index contributed by atoms with van der Waals surface area (Å²) in [4.78, 5) is 16.1. The first kappa shape index (κ1) is 23.8. The van der Waals surface area contributed by atoms with Crippen molar-refractivity contribution in [3.05, 3.63) is 86.3 Å². The summed E-state index contributed by atoms with van der Waals surface area (Å²) in [6.45, 7) is 2.83. The molecule has 0 aliphatic carbocycles. The van der Waals surface area contributed by atoms with Gasteiger partial charge in [0.2, 0.25) is 5.60 Å². The van der Waals surface area contributed by atoms with Gasteiger partial charge in [0, 0.05) is 12.0 Å². The molecule has 0 fully saturated rings. The summed E-state index contributed by atoms with van der Waals surface area (Å²) in [6, 6.07) is 18.5. The minimum Gasteiger partial charge on any atom is -0.508 e. The number of carboxylic acid groups (broad SMARTS) is 1. The van der Waals surface area contributed by atoms with Crippen molar-refractivity contribution in [3.63, 3.8) is 0 Å². The number of hydrogen-bond acceptors (Lipinski definition) is 5. The molecule has 0 atom stereocenters. The molecule has 0 aromatic heterocycles. The highest BCUT2D eigenvalue weighted by Crippen LogP contribution is 2.38. The predicted octanol–water partition coefficient (Wildman–Crippen LogP) is 6.51. The second kappa shape index (κ2) is 10.2. The lowest BCUT2D eigenvalue weighted by atomic mass is 10.0. The van der Waals surface area contributed by atoms with E-state index in [-0.39, 0.29) is 5.75 Å². The molecule has 0 unspecified atom stereocenters. The number of benzene rings is 3. The molecule has 166 valence electrons. The second-order valence-electron chi connectivity index (χ2n) is 7.51. The van der Waals surface area contributed by atoms with Gasteiger partial charge in [0.15, 0.2) is 5.75 Å². The van der Waals surface area contributed by atoms with E-state index < -0.39 is 11.6 Å². The Morgan fingerprint density at radius 3 is 2.34 bits per heavy atom. The Hall–Kier alpha value is -2.84. The summed E-state index contributed by atoms with van der Waals surface area (Å²) >= 11 is 6.99. The van der Waals surface area contributed by atoms with E-state index in [1.807, 2.05) is 30.3 Å². The van der Waals surface area contributed by atoms with E-state index in [9.17, 15) is 9.90 Å². The molecule has 3 aromatic carbocycles. The Morgan fingerprint density at radius 1 is 1.06 bits per heavy atom. The summed E-state index contributed by atoms with van der Waals surface area (Å²) < 4.78 is 7.37. The number of hydrogen-bond donors (Lipinski definition) is 2. The molecular formula is C24H21Br2NO5. The molecule has 3 aromatic rings. The largest absolute Gasteiger partial charge is 0.508 e. The Bertz CT molecular complexity index is 1120. The molecular weight excluding hydrogens is 542 g/mol. The van der Waals surface area contributed by atoms with Gasteiger partial charge in [-0.2, -0.15) is 0 Å². The highest BCUT2D eigenvalue weighted by atomic mass is 79.9. The minimum absolute atomic E-state index is 0.204. The van der Waals surface area contributed by atoms with E-state index in [0.717, 1.165) is 11.1 Å². The van der Waals surface area contributed by atoms with Crippen LogP contribution in [0.3, 0.4) is 0 Å². The van der Waals surface area contributed by atoms with Crippen molar-refractivity contribution < 1.29 is 24.6 Å². The first-order chi connectivity index (χ1) is 15.2. The first-order valence-electron chi connectivity index (χ1n) is 9.63. The fraction of sp³-hybridized carbons (Fsp3) is 0.167. The quantitative estimate of drug-likeness (QED) is 0.241. The SMILES string of the molecule is CC(C)(ON=Cc1cc(Br)c(Oc2ccc(O)c(Cc3ccccc3)c2)c(Br)c1)C(=O)O. The summed E-state index contributed by atoms with van der Waals surface area (Å²) in [5.74, 6) is 0.213. The smallest absolute Gasteiger partial charge is 0.350 e. The Morgan fingerprint density at radius 2 is 1.72 bits per heavy atom. The van der Waals surface area contributed by atoms with Crippen molar-refractivity contribution in [1.82, 2.24) is 0 Å². The van der Waals surface area contributed by atoms with Crippen molar-refractivity contribution in [1.29, 1.82) is 0 Å². The van der Waals surface area contributed by atoms with Crippen LogP contribution >= 0.6 is 31.9 Å². The molecule has 8 heteroatoms. The number of halogens is 2. The van der Waals surface area contributed by atoms with Crippen LogP contribution in [-0.2, 0) is 16.1 Å². The molecule has 0 aliphatic rings. The molecule has 0 heterocycles. The molecule has 0 radical (unpaired) electrons. The van der Waals surface area contributed by atoms with Crippen LogP contribution in [0.1, 0.15) is 30.5 Å². The molecule has 0 saturated carbocycles. The molecule has 0 bridgehead atoms. The van der Waals surface area contributed by atoms with Gasteiger partial charge in [0.1, 0.15) is 11.5 Å². The minimum atomic E-state index is -1.43. The number of nitrogens with zero attached hydrogens (tertiary/aromatic N) is 1. The Labute approximate surface area is 202 Å². The molecule has 0 spiro atoms. The topological polar surface area (TPSA) is 88.4 Å². The van der Waals surface area contributed by atoms with Crippen LogP contribution in [0.25, 0.3) is 0 Å². The zero-order valence-electron chi connectivity index (χ0n) is 17.4. The van der Waals surface area contributed by atoms with Crippen molar-refractivity contribution in [2.75, 3.05) is 0 Å². The number of rotatable bonds is 8. The van der Waals surface area contributed by atoms with Crippen LogP contribution in [0.2, 0.25) is 0 Å². The van der Waals surface area contributed by atoms with E-state index >= 15 is 0 Å². The molecule has 0 amide bonds. The van der Waals surface area contributed by atoms with Crippen molar-refractivity contribution in [2.24, 2.45) is 5.16 Å². The van der Waals surface area contributed by atoms with E-state index in [1.165, 1.54) is 20.1 Å². The molecule has 0 saturated heterocycles. The van der Waals surface area contributed by atoms with Gasteiger partial charge < -0.3 is 19.8 Å². The van der Waals surface area contributed by atoms with Crippen LogP contribution in [0.15, 0.2) is 74.8 Å². The standard InChI is InChI=1S/C24H21Br2NO5/c1-24(2,23(29)30)32-27-14-16-11-19(25)22(20(26)12-16)31-18-8-9-21(28)17(13-18)10-15-6-4-3-5-7-15/h3-9,11-14,28H,10H2,1-2H3,(H,29,30). The lowest BCUT2D eigenvalue weighted by Gasteiger charge is -2.16. The summed E-state index contributed by atoms with van der Waals surface area (Å²) in [5, 5.41) is 23.1. The average molecular weight is 563 g/mol. The lowest BCUT2D eigenvalue weighted by Crippen LogP contribution is -2.32. The van der Waals surface area contributed by atoms with E-state index in [4.69, 9.17) is 14.7 Å². The number of aromatic hydroxyl groups is 1. The fourth-order valence-corrected chi connectivity index (χ4v) is 4.09. The zero-order chi connectivity index (χ0) is 23.3. The van der Waals surface area contributed by atoms with Gasteiger partial charge in [-0.3, -0.25) is 0 Å². The Balaban J connectivity index is 1.78. The second-order valence-corrected chi connectivity index (χ2v) is 9.22. The van der Waals surface area contributed by atoms with Crippen LogP contribution in [-0.4, -0.2) is 28.0 Å². The number of ether oxygens (including phenoxy) is 1. The van der Waals surface area contributed by atoms with E-state index in [0.29, 0.717) is 32.4 Å². The average Bonchev–Trinajstić information content (AvgIpc) is 2.73. The van der Waals surface area contributed by atoms with Crippen molar-refractivity contribution >= 4 is 44.0 Å². The van der Waals surface area contributed by atoms with Gasteiger partial charge in [0.05, 0.1) is 15.2 Å². The monoisotopic (exact) mass is 561 g/mol. The highest BCUT2D eigenvalue weighted by Gasteiger charge is 2.29. The van der Waals surface area contributed by atoms with Crippen LogP contribution in [0.5, 0.6) is 17.2 Å². The third-order valence-corrected chi connectivity index (χ3v) is 5.70. The highest BCUT2D eigenvalue weighted by molar-refractivity contribution is 9.11. The van der Waals surface area contributed by atoms with Crippen LogP contribution in [0.4, 0.5) is 0 Å². The van der Waals surface area contributed by atoms with Gasteiger partial charge in [-0.1, -0.05) is 35.5 Å². The Kier molecular flexibility index (Phi) is 7.58. The molecule has 0 aliphatic heterocycles. The maximum Gasteiger partial charge on any atom is 0.350 e. The van der Waals surface area contributed by atoms with Gasteiger partial charge >= 0.3 is 5.97 Å². The number of phenols is 1. The molecule has 3 rings (SSSR count). The predicted molar refractivity (Wildman–Crippen MR) is 130 cm³/mol. The number of oxime groups is 1. The van der Waals surface area contributed by atoms with Gasteiger partial charge in [-0.15, -0.1) is 0 Å². The molecule has 6 nitrogen and oxygen atoms in total. The lowest BCUT2D eigenvalue weighted by molar-refractivity contribution is -0.161. The van der Waals surface area contributed by atoms with E-state index in [2.05, 4.69) is 37.0 Å². The molecule has 32 heavy (non-hydrogen) atoms. The van der Waals surface area contributed by atoms with E-state index in [1.54, 1.807) is 30.3 Å². The van der Waals surface area contributed by atoms with Crippen molar-refractivity contribution in [3.8, 4) is 17.2 Å². The third-order valence-electron chi connectivity index (χ3n) is 4.53. The van der Waals surface area contributed by atoms with Gasteiger partial charge in [-0.05, 0) is 87.2 Å². The summed E-state index contributed by atoms with van der Waals surface area (Å²) in [5.41, 5.74) is 1.08. The number of phenolic OH excluding ortho intramolecular Hbond substituents is 1.